The molecule has 1 unspecified atom stereocenters. The van der Waals surface area contributed by atoms with E-state index >= 15 is 0 Å². The van der Waals surface area contributed by atoms with Crippen molar-refractivity contribution in [3.63, 3.8) is 0 Å². The first-order valence-electron chi connectivity index (χ1n) is 10.1. The van der Waals surface area contributed by atoms with E-state index in [1.807, 2.05) is 4.90 Å². The van der Waals surface area contributed by atoms with Crippen molar-refractivity contribution in [3.05, 3.63) is 70.6 Å². The number of anilines is 2. The second kappa shape index (κ2) is 8.51. The molecule has 2 heterocycles. The predicted octanol–water partition coefficient (Wildman–Crippen LogP) is 4.13. The molecule has 2 aliphatic heterocycles. The first kappa shape index (κ1) is 21.1. The lowest BCUT2D eigenvalue weighted by atomic mass is 9.99. The number of carbonyl (C=O) groups is 3. The number of carbonyl (C=O) groups excluding carboxylic acids is 3. The number of benzene rings is 2. The second-order valence-corrected chi connectivity index (χ2v) is 8.16. The van der Waals surface area contributed by atoms with Gasteiger partial charge in [0.2, 0.25) is 0 Å². The van der Waals surface area contributed by atoms with Crippen molar-refractivity contribution in [2.24, 2.45) is 5.92 Å². The third kappa shape index (κ3) is 4.05. The molecule has 4 rings (SSSR count). The van der Waals surface area contributed by atoms with Gasteiger partial charge in [-0.05, 0) is 55.2 Å². The molecular weight excluding hydrogens is 421 g/mol. The van der Waals surface area contributed by atoms with Crippen molar-refractivity contribution in [2.45, 2.75) is 19.8 Å². The molecule has 0 saturated carbocycles. The van der Waals surface area contributed by atoms with E-state index in [0.717, 1.165) is 32.0 Å². The molecule has 3 amide bonds. The molecule has 0 spiro atoms. The van der Waals surface area contributed by atoms with E-state index in [2.05, 4.69) is 12.2 Å². The second-order valence-electron chi connectivity index (χ2n) is 7.79. The van der Waals surface area contributed by atoms with Crippen LogP contribution in [-0.4, -0.2) is 35.7 Å². The summed E-state index contributed by atoms with van der Waals surface area (Å²) in [5, 5.41) is 2.51. The zero-order valence-electron chi connectivity index (χ0n) is 16.9. The quantitative estimate of drug-likeness (QED) is 0.724. The van der Waals surface area contributed by atoms with Crippen LogP contribution >= 0.6 is 11.6 Å². The first-order chi connectivity index (χ1) is 14.9. The third-order valence-electron chi connectivity index (χ3n) is 5.47. The highest BCUT2D eigenvalue weighted by molar-refractivity contribution is 6.53. The van der Waals surface area contributed by atoms with Gasteiger partial charge in [0.25, 0.3) is 17.7 Å². The molecule has 0 radical (unpaired) electrons. The summed E-state index contributed by atoms with van der Waals surface area (Å²) in [5.74, 6) is -1.80. The smallest absolute Gasteiger partial charge is 0.283 e. The summed E-state index contributed by atoms with van der Waals surface area (Å²) >= 11 is 6.09. The van der Waals surface area contributed by atoms with Gasteiger partial charge in [0, 0.05) is 24.3 Å². The monoisotopic (exact) mass is 441 g/mol. The van der Waals surface area contributed by atoms with Crippen LogP contribution in [0.25, 0.3) is 0 Å². The van der Waals surface area contributed by atoms with Crippen LogP contribution in [-0.2, 0) is 9.59 Å². The minimum absolute atomic E-state index is 0.0341. The fourth-order valence-electron chi connectivity index (χ4n) is 3.86. The molecule has 1 fully saturated rings. The molecule has 160 valence electrons. The summed E-state index contributed by atoms with van der Waals surface area (Å²) in [6, 6.07) is 12.1. The SMILES string of the molecule is CC1CCCN(C(=O)c2ccc(NC3=C(Cl)C(=O)N(c4ccccc4F)C3=O)cc2)C1. The van der Waals surface area contributed by atoms with Crippen molar-refractivity contribution in [1.82, 2.24) is 4.90 Å². The van der Waals surface area contributed by atoms with Crippen LogP contribution in [0, 0.1) is 11.7 Å². The lowest BCUT2D eigenvalue weighted by Gasteiger charge is -2.31. The van der Waals surface area contributed by atoms with Crippen LogP contribution in [0.15, 0.2) is 59.3 Å². The van der Waals surface area contributed by atoms with Crippen molar-refractivity contribution in [2.75, 3.05) is 23.3 Å². The van der Waals surface area contributed by atoms with Gasteiger partial charge in [-0.25, -0.2) is 9.29 Å². The first-order valence-corrected chi connectivity index (χ1v) is 10.4. The number of halogens is 2. The number of nitrogens with zero attached hydrogens (tertiary/aromatic N) is 2. The third-order valence-corrected chi connectivity index (χ3v) is 5.82. The Kier molecular flexibility index (Phi) is 5.78. The molecule has 8 heteroatoms. The minimum Gasteiger partial charge on any atom is -0.350 e. The largest absolute Gasteiger partial charge is 0.350 e. The van der Waals surface area contributed by atoms with Crippen LogP contribution in [0.2, 0.25) is 0 Å². The molecule has 2 aromatic rings. The molecule has 6 nitrogen and oxygen atoms in total. The van der Waals surface area contributed by atoms with Crippen LogP contribution in [0.4, 0.5) is 15.8 Å². The predicted molar refractivity (Wildman–Crippen MR) is 116 cm³/mol. The highest BCUT2D eigenvalue weighted by Gasteiger charge is 2.40. The zero-order chi connectivity index (χ0) is 22.1. The van der Waals surface area contributed by atoms with Gasteiger partial charge in [0.15, 0.2) is 0 Å². The van der Waals surface area contributed by atoms with Crippen LogP contribution < -0.4 is 10.2 Å². The van der Waals surface area contributed by atoms with Crippen LogP contribution in [0.3, 0.4) is 0 Å². The Balaban J connectivity index is 1.50. The normalized spacial score (nSPS) is 19.3. The van der Waals surface area contributed by atoms with E-state index in [9.17, 15) is 18.8 Å². The van der Waals surface area contributed by atoms with E-state index in [1.165, 1.54) is 18.2 Å². The lowest BCUT2D eigenvalue weighted by Crippen LogP contribution is -2.39. The summed E-state index contributed by atoms with van der Waals surface area (Å²) in [6.07, 6.45) is 2.12. The molecule has 0 aromatic heterocycles. The van der Waals surface area contributed by atoms with E-state index in [1.54, 1.807) is 24.3 Å². The number of rotatable bonds is 4. The topological polar surface area (TPSA) is 69.7 Å². The van der Waals surface area contributed by atoms with E-state index < -0.39 is 17.6 Å². The summed E-state index contributed by atoms with van der Waals surface area (Å²) in [7, 11) is 0. The maximum atomic E-state index is 14.1. The summed E-state index contributed by atoms with van der Waals surface area (Å²) in [6.45, 7) is 3.62. The molecule has 2 aliphatic rings. The van der Waals surface area contributed by atoms with Gasteiger partial charge in [0.05, 0.1) is 5.69 Å². The molecule has 0 bridgehead atoms. The highest BCUT2D eigenvalue weighted by Crippen LogP contribution is 2.31. The van der Waals surface area contributed by atoms with E-state index in [4.69, 9.17) is 11.6 Å². The Hall–Kier alpha value is -3.19. The number of hydrogen-bond donors (Lipinski definition) is 1. The van der Waals surface area contributed by atoms with E-state index in [-0.39, 0.29) is 22.3 Å². The van der Waals surface area contributed by atoms with Gasteiger partial charge in [-0.15, -0.1) is 0 Å². The zero-order valence-corrected chi connectivity index (χ0v) is 17.7. The average Bonchev–Trinajstić information content (AvgIpc) is 2.97. The van der Waals surface area contributed by atoms with Crippen molar-refractivity contribution >= 4 is 40.7 Å². The number of amides is 3. The number of likely N-dealkylation sites (tertiary alicyclic amines) is 1. The van der Waals surface area contributed by atoms with Crippen LogP contribution in [0.5, 0.6) is 0 Å². The number of hydrogen-bond acceptors (Lipinski definition) is 4. The molecule has 1 atom stereocenters. The molecule has 31 heavy (non-hydrogen) atoms. The maximum Gasteiger partial charge on any atom is 0.283 e. The van der Waals surface area contributed by atoms with Gasteiger partial charge in [-0.2, -0.15) is 0 Å². The number of para-hydroxylation sites is 1. The fourth-order valence-corrected chi connectivity index (χ4v) is 4.07. The van der Waals surface area contributed by atoms with Gasteiger partial charge in [0.1, 0.15) is 16.5 Å². The van der Waals surface area contributed by atoms with Gasteiger partial charge < -0.3 is 10.2 Å². The summed E-state index contributed by atoms with van der Waals surface area (Å²) in [5.41, 5.74) is 0.720. The summed E-state index contributed by atoms with van der Waals surface area (Å²) < 4.78 is 14.1. The minimum atomic E-state index is -0.801. The van der Waals surface area contributed by atoms with Crippen molar-refractivity contribution in [1.29, 1.82) is 0 Å². The molecule has 1 N–H and O–H groups in total. The van der Waals surface area contributed by atoms with Gasteiger partial charge in [-0.3, -0.25) is 14.4 Å². The van der Waals surface area contributed by atoms with E-state index in [0.29, 0.717) is 22.1 Å². The van der Waals surface area contributed by atoms with Crippen molar-refractivity contribution < 1.29 is 18.8 Å². The number of imide groups is 1. The Bertz CT molecular complexity index is 1080. The Morgan fingerprint density at radius 2 is 1.81 bits per heavy atom. The summed E-state index contributed by atoms with van der Waals surface area (Å²) in [4.78, 5) is 40.5. The molecule has 0 aliphatic carbocycles. The fraction of sp³-hybridized carbons (Fsp3) is 0.261. The molecule has 2 aromatic carbocycles. The van der Waals surface area contributed by atoms with Crippen molar-refractivity contribution in [3.8, 4) is 0 Å². The maximum absolute atomic E-state index is 14.1. The Morgan fingerprint density at radius 3 is 2.48 bits per heavy atom. The number of nitrogens with one attached hydrogen (secondary N) is 1. The van der Waals surface area contributed by atoms with Crippen LogP contribution in [0.1, 0.15) is 30.1 Å². The lowest BCUT2D eigenvalue weighted by molar-refractivity contribution is -0.120. The van der Waals surface area contributed by atoms with Gasteiger partial charge >= 0.3 is 0 Å². The standard InChI is InChI=1S/C23H21ClFN3O3/c1-14-5-4-12-27(13-14)21(29)15-8-10-16(11-9-15)26-20-19(24)22(30)28(23(20)31)18-7-3-2-6-17(18)25/h2-3,6-11,14,26H,4-5,12-13H2,1H3. The Labute approximate surface area is 184 Å². The average molecular weight is 442 g/mol. The van der Waals surface area contributed by atoms with Gasteiger partial charge in [-0.1, -0.05) is 30.7 Å². The molecule has 1 saturated heterocycles. The highest BCUT2D eigenvalue weighted by atomic mass is 35.5. The Morgan fingerprint density at radius 1 is 1.10 bits per heavy atom. The number of piperidine rings is 1. The molecular formula is C23H21ClFN3O3.